The van der Waals surface area contributed by atoms with Crippen molar-refractivity contribution in [2.24, 2.45) is 5.73 Å². The molecule has 0 aliphatic heterocycles. The van der Waals surface area contributed by atoms with Gasteiger partial charge in [0.05, 0.1) is 0 Å². The van der Waals surface area contributed by atoms with E-state index >= 15 is 0 Å². The van der Waals surface area contributed by atoms with E-state index in [1.807, 2.05) is 12.1 Å². The molecule has 0 saturated carbocycles. The number of furan rings is 1. The lowest BCUT2D eigenvalue weighted by molar-refractivity contribution is 0.0975. The first-order valence-electron chi connectivity index (χ1n) is 5.16. The Kier molecular flexibility index (Phi) is 3.24. The van der Waals surface area contributed by atoms with Crippen molar-refractivity contribution in [2.75, 3.05) is 0 Å². The molecule has 0 fully saturated rings. The van der Waals surface area contributed by atoms with Gasteiger partial charge in [-0.3, -0.25) is 4.79 Å². The number of hydrogen-bond acceptors (Lipinski definition) is 2. The quantitative estimate of drug-likeness (QED) is 0.853. The molecule has 2 rings (SSSR count). The maximum atomic E-state index is 11.0. The van der Waals surface area contributed by atoms with Gasteiger partial charge in [0.1, 0.15) is 5.76 Å². The van der Waals surface area contributed by atoms with Crippen molar-refractivity contribution in [1.82, 2.24) is 0 Å². The second-order valence-corrected chi connectivity index (χ2v) is 5.03. The van der Waals surface area contributed by atoms with Crippen molar-refractivity contribution in [3.05, 3.63) is 44.7 Å². The lowest BCUT2D eigenvalue weighted by atomic mass is 10.1. The molecule has 0 aliphatic rings. The van der Waals surface area contributed by atoms with E-state index in [4.69, 9.17) is 10.2 Å². The molecule has 1 heterocycles. The molecule has 0 saturated heterocycles. The third-order valence-electron chi connectivity index (χ3n) is 2.57. The van der Waals surface area contributed by atoms with Crippen molar-refractivity contribution in [3.63, 3.8) is 0 Å². The molecule has 0 spiro atoms. The molecule has 4 heteroatoms. The van der Waals surface area contributed by atoms with Gasteiger partial charge in [-0.2, -0.15) is 0 Å². The molecule has 88 valence electrons. The van der Waals surface area contributed by atoms with Crippen LogP contribution in [0.5, 0.6) is 0 Å². The van der Waals surface area contributed by atoms with Crippen LogP contribution in [0, 0.1) is 17.4 Å². The minimum Gasteiger partial charge on any atom is -0.451 e. The van der Waals surface area contributed by atoms with Gasteiger partial charge in [-0.15, -0.1) is 0 Å². The molecule has 17 heavy (non-hydrogen) atoms. The number of amides is 1. The van der Waals surface area contributed by atoms with Gasteiger partial charge in [0, 0.05) is 9.13 Å². The van der Waals surface area contributed by atoms with Crippen LogP contribution < -0.4 is 5.73 Å². The highest BCUT2D eigenvalue weighted by atomic mass is 127. The molecule has 0 radical (unpaired) electrons. The smallest absolute Gasteiger partial charge is 0.284 e. The highest BCUT2D eigenvalue weighted by Gasteiger charge is 2.10. The largest absolute Gasteiger partial charge is 0.451 e. The predicted octanol–water partition coefficient (Wildman–Crippen LogP) is 3.27. The number of carbonyl (C=O) groups excluding carboxylic acids is 1. The van der Waals surface area contributed by atoms with E-state index in [1.165, 1.54) is 14.7 Å². The van der Waals surface area contributed by atoms with Crippen LogP contribution in [-0.4, -0.2) is 5.91 Å². The topological polar surface area (TPSA) is 56.2 Å². The standard InChI is InChI=1S/C13H12INO2/c1-7-5-9(6-8(2)12(7)14)10-3-4-11(17-10)13(15)16/h3-6H,1-2H3,(H2,15,16). The van der Waals surface area contributed by atoms with Crippen LogP contribution in [-0.2, 0) is 0 Å². The van der Waals surface area contributed by atoms with Crippen LogP contribution in [0.15, 0.2) is 28.7 Å². The van der Waals surface area contributed by atoms with E-state index < -0.39 is 5.91 Å². The van der Waals surface area contributed by atoms with Crippen LogP contribution in [0.25, 0.3) is 11.3 Å². The Hall–Kier alpha value is -1.30. The summed E-state index contributed by atoms with van der Waals surface area (Å²) in [4.78, 5) is 11.0. The highest BCUT2D eigenvalue weighted by molar-refractivity contribution is 14.1. The molecule has 2 aromatic rings. The van der Waals surface area contributed by atoms with Gasteiger partial charge in [0.15, 0.2) is 5.76 Å². The van der Waals surface area contributed by atoms with Crippen LogP contribution in [0.4, 0.5) is 0 Å². The maximum Gasteiger partial charge on any atom is 0.284 e. The van der Waals surface area contributed by atoms with E-state index in [0.29, 0.717) is 5.76 Å². The number of carbonyl (C=O) groups is 1. The number of hydrogen-bond donors (Lipinski definition) is 1. The van der Waals surface area contributed by atoms with E-state index in [-0.39, 0.29) is 5.76 Å². The zero-order valence-corrected chi connectivity index (χ0v) is 11.7. The first kappa shape index (κ1) is 12.2. The molecule has 1 aromatic heterocycles. The first-order valence-corrected chi connectivity index (χ1v) is 6.23. The van der Waals surface area contributed by atoms with Crippen LogP contribution in [0.3, 0.4) is 0 Å². The van der Waals surface area contributed by atoms with Gasteiger partial charge in [-0.1, -0.05) is 0 Å². The van der Waals surface area contributed by atoms with Crippen molar-refractivity contribution < 1.29 is 9.21 Å². The number of rotatable bonds is 2. The number of aryl methyl sites for hydroxylation is 2. The monoisotopic (exact) mass is 341 g/mol. The van der Waals surface area contributed by atoms with Gasteiger partial charge >= 0.3 is 0 Å². The Bertz CT molecular complexity index is 564. The van der Waals surface area contributed by atoms with Gasteiger partial charge in [0.2, 0.25) is 0 Å². The Morgan fingerprint density at radius 1 is 1.24 bits per heavy atom. The maximum absolute atomic E-state index is 11.0. The minimum atomic E-state index is -0.546. The van der Waals surface area contributed by atoms with E-state index in [2.05, 4.69) is 36.4 Å². The number of benzene rings is 1. The third kappa shape index (κ3) is 2.36. The third-order valence-corrected chi connectivity index (χ3v) is 4.27. The van der Waals surface area contributed by atoms with Crippen LogP contribution >= 0.6 is 22.6 Å². The molecule has 2 N–H and O–H groups in total. The molecule has 0 atom stereocenters. The molecular formula is C13H12INO2. The van der Waals surface area contributed by atoms with Crippen molar-refractivity contribution in [2.45, 2.75) is 13.8 Å². The summed E-state index contributed by atoms with van der Waals surface area (Å²) in [5.41, 5.74) is 8.51. The second kappa shape index (κ2) is 4.52. The van der Waals surface area contributed by atoms with E-state index in [0.717, 1.165) is 5.56 Å². The average Bonchev–Trinajstić information content (AvgIpc) is 2.74. The summed E-state index contributed by atoms with van der Waals surface area (Å²) in [7, 11) is 0. The fourth-order valence-corrected chi connectivity index (χ4v) is 2.03. The molecule has 0 aliphatic carbocycles. The van der Waals surface area contributed by atoms with Crippen LogP contribution in [0.2, 0.25) is 0 Å². The Balaban J connectivity index is 2.49. The van der Waals surface area contributed by atoms with Crippen LogP contribution in [0.1, 0.15) is 21.7 Å². The Morgan fingerprint density at radius 3 is 2.29 bits per heavy atom. The minimum absolute atomic E-state index is 0.189. The molecule has 1 amide bonds. The van der Waals surface area contributed by atoms with Gasteiger partial charge in [0.25, 0.3) is 5.91 Å². The second-order valence-electron chi connectivity index (χ2n) is 3.95. The summed E-state index contributed by atoms with van der Waals surface area (Å²) in [6, 6.07) is 7.44. The normalized spacial score (nSPS) is 10.5. The van der Waals surface area contributed by atoms with Crippen molar-refractivity contribution in [3.8, 4) is 11.3 Å². The SMILES string of the molecule is Cc1cc(-c2ccc(C(N)=O)o2)cc(C)c1I. The Labute approximate surface area is 113 Å². The lowest BCUT2D eigenvalue weighted by Crippen LogP contribution is -2.09. The van der Waals surface area contributed by atoms with Gasteiger partial charge in [-0.25, -0.2) is 0 Å². The zero-order chi connectivity index (χ0) is 12.6. The van der Waals surface area contributed by atoms with E-state index in [9.17, 15) is 4.79 Å². The summed E-state index contributed by atoms with van der Waals surface area (Å²) in [6.07, 6.45) is 0. The lowest BCUT2D eigenvalue weighted by Gasteiger charge is -2.05. The number of primary amides is 1. The summed E-state index contributed by atoms with van der Waals surface area (Å²) in [5, 5.41) is 0. The first-order chi connectivity index (χ1) is 7.99. The molecule has 0 bridgehead atoms. The fraction of sp³-hybridized carbons (Fsp3) is 0.154. The average molecular weight is 341 g/mol. The Morgan fingerprint density at radius 2 is 1.82 bits per heavy atom. The number of nitrogens with two attached hydrogens (primary N) is 1. The number of halogens is 1. The zero-order valence-electron chi connectivity index (χ0n) is 9.58. The summed E-state index contributed by atoms with van der Waals surface area (Å²) >= 11 is 2.32. The van der Waals surface area contributed by atoms with Gasteiger partial charge in [-0.05, 0) is 71.8 Å². The summed E-state index contributed by atoms with van der Waals surface area (Å²) in [6.45, 7) is 4.10. The molecule has 1 aromatic carbocycles. The molecule has 3 nitrogen and oxygen atoms in total. The highest BCUT2D eigenvalue weighted by Crippen LogP contribution is 2.27. The summed E-state index contributed by atoms with van der Waals surface area (Å²) < 4.78 is 6.65. The fourth-order valence-electron chi connectivity index (χ4n) is 1.71. The summed E-state index contributed by atoms with van der Waals surface area (Å²) in [5.74, 6) is 0.311. The van der Waals surface area contributed by atoms with Crippen molar-refractivity contribution >= 4 is 28.5 Å². The van der Waals surface area contributed by atoms with Crippen molar-refractivity contribution in [1.29, 1.82) is 0 Å². The molecular weight excluding hydrogens is 329 g/mol. The van der Waals surface area contributed by atoms with Gasteiger partial charge < -0.3 is 10.2 Å². The van der Waals surface area contributed by atoms with E-state index in [1.54, 1.807) is 12.1 Å². The molecule has 0 unspecified atom stereocenters. The predicted molar refractivity (Wildman–Crippen MR) is 74.9 cm³/mol.